The van der Waals surface area contributed by atoms with Crippen LogP contribution in [0.5, 0.6) is 11.6 Å². The molecule has 0 spiro atoms. The number of aromatic hydroxyl groups is 1. The second-order valence-electron chi connectivity index (χ2n) is 6.72. The normalized spacial score (nSPS) is 17.6. The number of phenolic OH excluding ortho intramolecular Hbond substituents is 1. The molecule has 5 nitrogen and oxygen atoms in total. The van der Waals surface area contributed by atoms with Crippen LogP contribution in [0, 0.1) is 0 Å². The number of fused-ring (bicyclic) bond motifs is 1. The van der Waals surface area contributed by atoms with Crippen LogP contribution >= 0.6 is 0 Å². The third kappa shape index (κ3) is 3.60. The van der Waals surface area contributed by atoms with Gasteiger partial charge in [0.1, 0.15) is 17.5 Å². The third-order valence-corrected chi connectivity index (χ3v) is 4.76. The molecule has 1 unspecified atom stereocenters. The summed E-state index contributed by atoms with van der Waals surface area (Å²) in [5.74, 6) is -0.126. The van der Waals surface area contributed by atoms with E-state index in [1.54, 1.807) is 12.1 Å². The van der Waals surface area contributed by atoms with E-state index in [1.165, 1.54) is 6.07 Å². The molecule has 1 aliphatic heterocycles. The van der Waals surface area contributed by atoms with Crippen LogP contribution in [0.4, 0.5) is 13.2 Å². The van der Waals surface area contributed by atoms with Crippen LogP contribution in [0.3, 0.4) is 0 Å². The van der Waals surface area contributed by atoms with Crippen molar-refractivity contribution >= 4 is 10.8 Å². The molecule has 1 aliphatic rings. The van der Waals surface area contributed by atoms with E-state index in [9.17, 15) is 18.3 Å². The molecule has 2 N–H and O–H groups in total. The van der Waals surface area contributed by atoms with Crippen LogP contribution < -0.4 is 10.1 Å². The Hall–Kier alpha value is -2.87. The zero-order chi connectivity index (χ0) is 19.7. The van der Waals surface area contributed by atoms with Crippen molar-refractivity contribution in [2.24, 2.45) is 0 Å². The fraction of sp³-hybridized carbons (Fsp3) is 0.300. The summed E-state index contributed by atoms with van der Waals surface area (Å²) in [5, 5.41) is 23.1. The number of benzene rings is 2. The lowest BCUT2D eigenvalue weighted by molar-refractivity contribution is -0.137. The first-order chi connectivity index (χ1) is 13.4. The van der Waals surface area contributed by atoms with Gasteiger partial charge < -0.3 is 15.2 Å². The van der Waals surface area contributed by atoms with Crippen LogP contribution in [0.25, 0.3) is 22.0 Å². The van der Waals surface area contributed by atoms with Crippen molar-refractivity contribution in [1.29, 1.82) is 0 Å². The van der Waals surface area contributed by atoms with Gasteiger partial charge >= 0.3 is 6.18 Å². The average Bonchev–Trinajstić information content (AvgIpc) is 2.69. The molecule has 0 saturated carbocycles. The molecular formula is C20H18F3N3O2. The third-order valence-electron chi connectivity index (χ3n) is 4.76. The largest absolute Gasteiger partial charge is 0.507 e. The minimum atomic E-state index is -4.53. The molecule has 4 rings (SSSR count). The maximum absolute atomic E-state index is 12.9. The van der Waals surface area contributed by atoms with E-state index >= 15 is 0 Å². The summed E-state index contributed by atoms with van der Waals surface area (Å²) >= 11 is 0. The minimum absolute atomic E-state index is 0.0169. The first-order valence-electron chi connectivity index (χ1n) is 8.97. The van der Waals surface area contributed by atoms with Crippen LogP contribution in [-0.4, -0.2) is 34.5 Å². The summed E-state index contributed by atoms with van der Waals surface area (Å²) in [6, 6.07) is 10.0. The number of aromatic nitrogens is 2. The smallest absolute Gasteiger partial charge is 0.416 e. The van der Waals surface area contributed by atoms with Crippen molar-refractivity contribution in [3.05, 3.63) is 48.0 Å². The maximum Gasteiger partial charge on any atom is 0.416 e. The first-order valence-corrected chi connectivity index (χ1v) is 8.97. The van der Waals surface area contributed by atoms with E-state index in [2.05, 4.69) is 15.5 Å². The summed E-state index contributed by atoms with van der Waals surface area (Å²) in [7, 11) is 0. The van der Waals surface area contributed by atoms with Gasteiger partial charge in [0, 0.05) is 22.9 Å². The Morgan fingerprint density at radius 1 is 1.07 bits per heavy atom. The molecule has 2 aromatic carbocycles. The molecule has 0 radical (unpaired) electrons. The first kappa shape index (κ1) is 18.5. The maximum atomic E-state index is 12.9. The molecule has 0 amide bonds. The van der Waals surface area contributed by atoms with E-state index in [4.69, 9.17) is 4.74 Å². The predicted molar refractivity (Wildman–Crippen MR) is 98.2 cm³/mol. The highest BCUT2D eigenvalue weighted by Crippen LogP contribution is 2.39. The highest BCUT2D eigenvalue weighted by atomic mass is 19.4. The van der Waals surface area contributed by atoms with Crippen LogP contribution in [0.15, 0.2) is 42.5 Å². The zero-order valence-electron chi connectivity index (χ0n) is 14.8. The Morgan fingerprint density at radius 3 is 2.54 bits per heavy atom. The molecule has 8 heteroatoms. The van der Waals surface area contributed by atoms with E-state index in [-0.39, 0.29) is 11.7 Å². The van der Waals surface area contributed by atoms with Crippen molar-refractivity contribution in [3.8, 4) is 22.9 Å². The van der Waals surface area contributed by atoms with Gasteiger partial charge in [-0.15, -0.1) is 10.2 Å². The molecule has 1 saturated heterocycles. The number of halogens is 3. The lowest BCUT2D eigenvalue weighted by atomic mass is 10.0. The lowest BCUT2D eigenvalue weighted by Gasteiger charge is -2.23. The molecular weight excluding hydrogens is 371 g/mol. The Morgan fingerprint density at radius 2 is 1.86 bits per heavy atom. The van der Waals surface area contributed by atoms with Crippen LogP contribution in [0.2, 0.25) is 0 Å². The van der Waals surface area contributed by atoms with E-state index in [0.29, 0.717) is 28.4 Å². The van der Waals surface area contributed by atoms with Gasteiger partial charge in [0.15, 0.2) is 0 Å². The summed E-state index contributed by atoms with van der Waals surface area (Å²) in [4.78, 5) is 0. The second kappa shape index (κ2) is 7.27. The fourth-order valence-electron chi connectivity index (χ4n) is 3.35. The molecule has 3 aromatic rings. The lowest BCUT2D eigenvalue weighted by Crippen LogP contribution is -2.37. The van der Waals surface area contributed by atoms with Gasteiger partial charge in [0.05, 0.1) is 5.56 Å². The van der Waals surface area contributed by atoms with E-state index < -0.39 is 17.5 Å². The number of hydrogen-bond donors (Lipinski definition) is 2. The van der Waals surface area contributed by atoms with Gasteiger partial charge in [0.2, 0.25) is 5.88 Å². The molecule has 1 atom stereocenters. The Labute approximate surface area is 159 Å². The van der Waals surface area contributed by atoms with Gasteiger partial charge in [-0.1, -0.05) is 18.2 Å². The number of rotatable bonds is 3. The highest BCUT2D eigenvalue weighted by Gasteiger charge is 2.31. The van der Waals surface area contributed by atoms with Gasteiger partial charge in [-0.2, -0.15) is 13.2 Å². The monoisotopic (exact) mass is 389 g/mol. The Balaban J connectivity index is 1.76. The number of ether oxygens (including phenoxy) is 1. The second-order valence-corrected chi connectivity index (χ2v) is 6.72. The van der Waals surface area contributed by atoms with Gasteiger partial charge in [-0.25, -0.2) is 0 Å². The Bertz CT molecular complexity index is 1000. The quantitative estimate of drug-likeness (QED) is 0.704. The topological polar surface area (TPSA) is 67.3 Å². The molecule has 0 bridgehead atoms. The molecule has 146 valence electrons. The number of alkyl halides is 3. The van der Waals surface area contributed by atoms with Crippen molar-refractivity contribution in [1.82, 2.24) is 15.5 Å². The van der Waals surface area contributed by atoms with E-state index in [1.807, 2.05) is 12.1 Å². The average molecular weight is 389 g/mol. The number of phenols is 1. The molecule has 28 heavy (non-hydrogen) atoms. The van der Waals surface area contributed by atoms with Gasteiger partial charge in [0.25, 0.3) is 0 Å². The van der Waals surface area contributed by atoms with Crippen molar-refractivity contribution < 1.29 is 23.0 Å². The van der Waals surface area contributed by atoms with Crippen LogP contribution in [-0.2, 0) is 6.18 Å². The number of hydrogen-bond acceptors (Lipinski definition) is 5. The highest BCUT2D eigenvalue weighted by molar-refractivity contribution is 5.98. The zero-order valence-corrected chi connectivity index (χ0v) is 14.8. The molecule has 1 fully saturated rings. The SMILES string of the molecule is Oc1cc(C(F)(F)F)ccc1-c1nnc(OC2CCCNC2)c2ccccc12. The molecule has 2 heterocycles. The number of piperidine rings is 1. The van der Waals surface area contributed by atoms with Crippen molar-refractivity contribution in [2.45, 2.75) is 25.1 Å². The molecule has 0 aliphatic carbocycles. The summed E-state index contributed by atoms with van der Waals surface area (Å²) in [5.41, 5.74) is -0.436. The standard InChI is InChI=1S/C20H18F3N3O2/c21-20(22,23)12-7-8-16(17(27)10-12)18-14-5-1-2-6-15(14)19(26-25-18)28-13-4-3-9-24-11-13/h1-2,5-8,10,13,24,27H,3-4,9,11H2. The fourth-order valence-corrected chi connectivity index (χ4v) is 3.35. The van der Waals surface area contributed by atoms with Crippen LogP contribution in [0.1, 0.15) is 18.4 Å². The minimum Gasteiger partial charge on any atom is -0.507 e. The van der Waals surface area contributed by atoms with Gasteiger partial charge in [-0.05, 0) is 43.7 Å². The summed E-state index contributed by atoms with van der Waals surface area (Å²) < 4.78 is 44.6. The Kier molecular flexibility index (Phi) is 4.80. The molecule has 1 aromatic heterocycles. The number of nitrogens with one attached hydrogen (secondary N) is 1. The van der Waals surface area contributed by atoms with Crippen molar-refractivity contribution in [3.63, 3.8) is 0 Å². The van der Waals surface area contributed by atoms with E-state index in [0.717, 1.165) is 32.0 Å². The number of nitrogens with zero attached hydrogens (tertiary/aromatic N) is 2. The van der Waals surface area contributed by atoms with Crippen molar-refractivity contribution in [2.75, 3.05) is 13.1 Å². The summed E-state index contributed by atoms with van der Waals surface area (Å²) in [6.07, 6.45) is -2.63. The van der Waals surface area contributed by atoms with Gasteiger partial charge in [-0.3, -0.25) is 0 Å². The summed E-state index contributed by atoms with van der Waals surface area (Å²) in [6.45, 7) is 1.68. The predicted octanol–water partition coefficient (Wildman–Crippen LogP) is 4.15.